The third-order valence-corrected chi connectivity index (χ3v) is 3.18. The van der Waals surface area contributed by atoms with E-state index in [1.165, 1.54) is 17.3 Å². The van der Waals surface area contributed by atoms with E-state index in [0.717, 1.165) is 0 Å². The highest BCUT2D eigenvalue weighted by Gasteiger charge is 2.13. The van der Waals surface area contributed by atoms with Gasteiger partial charge in [0.1, 0.15) is 0 Å². The van der Waals surface area contributed by atoms with Gasteiger partial charge in [0.05, 0.1) is 5.69 Å². The van der Waals surface area contributed by atoms with E-state index in [-0.39, 0.29) is 10.8 Å². The van der Waals surface area contributed by atoms with Crippen LogP contribution in [0.25, 0.3) is 0 Å². The normalized spacial score (nSPS) is 11.8. The van der Waals surface area contributed by atoms with Crippen LogP contribution in [-0.2, 0) is 10.2 Å². The highest BCUT2D eigenvalue weighted by atomic mass is 79.9. The van der Waals surface area contributed by atoms with Gasteiger partial charge >= 0.3 is 10.2 Å². The molecule has 1 heterocycles. The van der Waals surface area contributed by atoms with Gasteiger partial charge in [0.2, 0.25) is 0 Å². The number of nitrogens with one attached hydrogen (secondary N) is 2. The number of aromatic nitrogens is 1. The summed E-state index contributed by atoms with van der Waals surface area (Å²) in [7, 11) is -0.581. The molecule has 0 aromatic carbocycles. The quantitative estimate of drug-likeness (QED) is 0.643. The monoisotopic (exact) mass is 328 g/mol. The average molecular weight is 330 g/mol. The number of rotatable bonds is 4. The summed E-state index contributed by atoms with van der Waals surface area (Å²) in [6.07, 6.45) is 1.47. The number of pyridine rings is 1. The molecule has 0 saturated heterocycles. The van der Waals surface area contributed by atoms with Crippen molar-refractivity contribution in [2.45, 2.75) is 0 Å². The minimum Gasteiger partial charge on any atom is -0.267 e. The van der Waals surface area contributed by atoms with E-state index < -0.39 is 10.2 Å². The summed E-state index contributed by atoms with van der Waals surface area (Å²) in [5, 5.41) is 1.37. The summed E-state index contributed by atoms with van der Waals surface area (Å²) in [4.78, 5) is 6.00. The first-order chi connectivity index (χ1) is 7.30. The Balaban J connectivity index is 2.92. The number of halogens is 2. The van der Waals surface area contributed by atoms with Gasteiger partial charge in [0, 0.05) is 24.8 Å². The Labute approximate surface area is 107 Å². The summed E-state index contributed by atoms with van der Waals surface area (Å²) in [6.45, 7) is 0. The molecule has 0 spiro atoms. The van der Waals surface area contributed by atoms with Crippen LogP contribution in [0.2, 0.25) is 5.15 Å². The topological polar surface area (TPSA) is 74.3 Å². The van der Waals surface area contributed by atoms with Gasteiger partial charge in [0.15, 0.2) is 5.15 Å². The molecule has 0 aliphatic carbocycles. The predicted molar refractivity (Wildman–Crippen MR) is 66.3 cm³/mol. The first-order valence-corrected chi connectivity index (χ1v) is 6.74. The van der Waals surface area contributed by atoms with Crippen molar-refractivity contribution in [3.8, 4) is 0 Å². The zero-order chi connectivity index (χ0) is 12.3. The Hall–Kier alpha value is -0.410. The standard InChI is InChI=1S/C7H10BrClN4O2S/c1-13(2)12-16(14,15)11-6-3-5(8)4-10-7(6)9/h3-4,11-12H,1-2H3. The number of anilines is 1. The molecular weight excluding hydrogens is 320 g/mol. The molecule has 0 fully saturated rings. The van der Waals surface area contributed by atoms with Gasteiger partial charge in [0.25, 0.3) is 0 Å². The smallest absolute Gasteiger partial charge is 0.267 e. The second kappa shape index (κ2) is 5.28. The maximum absolute atomic E-state index is 11.5. The highest BCUT2D eigenvalue weighted by molar-refractivity contribution is 9.10. The van der Waals surface area contributed by atoms with E-state index in [4.69, 9.17) is 11.6 Å². The predicted octanol–water partition coefficient (Wildman–Crippen LogP) is 1.22. The van der Waals surface area contributed by atoms with Crippen molar-refractivity contribution in [2.24, 2.45) is 0 Å². The molecule has 2 N–H and O–H groups in total. The van der Waals surface area contributed by atoms with E-state index in [9.17, 15) is 8.42 Å². The van der Waals surface area contributed by atoms with E-state index in [2.05, 4.69) is 30.5 Å². The van der Waals surface area contributed by atoms with Gasteiger partial charge in [-0.1, -0.05) is 11.6 Å². The fourth-order valence-corrected chi connectivity index (χ4v) is 2.41. The molecule has 0 atom stereocenters. The molecule has 0 aliphatic heterocycles. The maximum Gasteiger partial charge on any atom is 0.312 e. The number of nitrogens with zero attached hydrogens (tertiary/aromatic N) is 2. The molecule has 16 heavy (non-hydrogen) atoms. The van der Waals surface area contributed by atoms with Gasteiger partial charge < -0.3 is 0 Å². The fourth-order valence-electron chi connectivity index (χ4n) is 0.902. The first kappa shape index (κ1) is 13.7. The lowest BCUT2D eigenvalue weighted by Crippen LogP contribution is -2.39. The van der Waals surface area contributed by atoms with Crippen LogP contribution < -0.4 is 9.55 Å². The SMILES string of the molecule is CN(C)NS(=O)(=O)Nc1cc(Br)cnc1Cl. The van der Waals surface area contributed by atoms with Gasteiger partial charge in [-0.25, -0.2) is 9.99 Å². The van der Waals surface area contributed by atoms with Crippen molar-refractivity contribution in [3.05, 3.63) is 21.9 Å². The van der Waals surface area contributed by atoms with Crippen LogP contribution in [0.15, 0.2) is 16.7 Å². The van der Waals surface area contributed by atoms with Crippen molar-refractivity contribution in [3.63, 3.8) is 0 Å². The molecule has 90 valence electrons. The molecule has 6 nitrogen and oxygen atoms in total. The fraction of sp³-hybridized carbons (Fsp3) is 0.286. The third kappa shape index (κ3) is 4.22. The molecular formula is C7H10BrClN4O2S. The minimum absolute atomic E-state index is 0.0762. The van der Waals surface area contributed by atoms with Crippen molar-refractivity contribution in [1.29, 1.82) is 0 Å². The first-order valence-electron chi connectivity index (χ1n) is 4.09. The van der Waals surface area contributed by atoms with Crippen LogP contribution in [-0.4, -0.2) is 32.5 Å². The largest absolute Gasteiger partial charge is 0.312 e. The van der Waals surface area contributed by atoms with Gasteiger partial charge in [-0.2, -0.15) is 8.42 Å². The van der Waals surface area contributed by atoms with Crippen LogP contribution in [0.3, 0.4) is 0 Å². The Morgan fingerprint density at radius 2 is 2.12 bits per heavy atom. The van der Waals surface area contributed by atoms with Gasteiger partial charge in [-0.05, 0) is 22.0 Å². The number of hydrogen-bond acceptors (Lipinski definition) is 4. The molecule has 1 aromatic heterocycles. The van der Waals surface area contributed by atoms with Crippen LogP contribution in [0.4, 0.5) is 5.69 Å². The lowest BCUT2D eigenvalue weighted by molar-refractivity contribution is 0.365. The average Bonchev–Trinajstić information content (AvgIpc) is 2.08. The lowest BCUT2D eigenvalue weighted by Gasteiger charge is -2.14. The van der Waals surface area contributed by atoms with E-state index >= 15 is 0 Å². The lowest BCUT2D eigenvalue weighted by atomic mass is 10.4. The van der Waals surface area contributed by atoms with Crippen LogP contribution in [0, 0.1) is 0 Å². The van der Waals surface area contributed by atoms with Gasteiger partial charge in [-0.15, -0.1) is 4.83 Å². The van der Waals surface area contributed by atoms with Crippen LogP contribution in [0.5, 0.6) is 0 Å². The van der Waals surface area contributed by atoms with Gasteiger partial charge in [-0.3, -0.25) is 4.72 Å². The summed E-state index contributed by atoms with van der Waals surface area (Å²) in [6, 6.07) is 1.52. The van der Waals surface area contributed by atoms with Crippen molar-refractivity contribution in [1.82, 2.24) is 14.8 Å². The van der Waals surface area contributed by atoms with Crippen molar-refractivity contribution < 1.29 is 8.42 Å². The van der Waals surface area contributed by atoms with Crippen LogP contribution >= 0.6 is 27.5 Å². The summed E-state index contributed by atoms with van der Waals surface area (Å²) < 4.78 is 25.9. The molecule has 0 radical (unpaired) electrons. The van der Waals surface area contributed by atoms with E-state index in [1.54, 1.807) is 14.1 Å². The molecule has 1 rings (SSSR count). The molecule has 0 amide bonds. The molecule has 0 aliphatic rings. The molecule has 0 unspecified atom stereocenters. The maximum atomic E-state index is 11.5. The minimum atomic E-state index is -3.69. The Morgan fingerprint density at radius 3 is 2.69 bits per heavy atom. The summed E-state index contributed by atoms with van der Waals surface area (Å²) >= 11 is 8.91. The van der Waals surface area contributed by atoms with E-state index in [1.807, 2.05) is 0 Å². The molecule has 9 heteroatoms. The van der Waals surface area contributed by atoms with Crippen LogP contribution in [0.1, 0.15) is 0 Å². The van der Waals surface area contributed by atoms with Crippen molar-refractivity contribution >= 4 is 43.4 Å². The Bertz CT molecular complexity index is 479. The Kier molecular flexibility index (Phi) is 4.51. The second-order valence-electron chi connectivity index (χ2n) is 3.08. The molecule has 0 saturated carbocycles. The second-order valence-corrected chi connectivity index (χ2v) is 5.75. The molecule has 0 bridgehead atoms. The number of hydrogen-bond donors (Lipinski definition) is 2. The van der Waals surface area contributed by atoms with Crippen molar-refractivity contribution in [2.75, 3.05) is 18.8 Å². The highest BCUT2D eigenvalue weighted by Crippen LogP contribution is 2.23. The summed E-state index contributed by atoms with van der Waals surface area (Å²) in [5.41, 5.74) is 0.199. The molecule has 1 aromatic rings. The third-order valence-electron chi connectivity index (χ3n) is 1.35. The van der Waals surface area contributed by atoms with E-state index in [0.29, 0.717) is 4.47 Å². The zero-order valence-electron chi connectivity index (χ0n) is 8.53. The Morgan fingerprint density at radius 1 is 1.50 bits per heavy atom. The zero-order valence-corrected chi connectivity index (χ0v) is 11.7. The summed E-state index contributed by atoms with van der Waals surface area (Å²) in [5.74, 6) is 0. The number of hydrazine groups is 1.